The third-order valence-electron chi connectivity index (χ3n) is 6.60. The van der Waals surface area contributed by atoms with E-state index in [0.717, 1.165) is 11.8 Å². The van der Waals surface area contributed by atoms with Crippen molar-refractivity contribution < 1.29 is 0 Å². The fraction of sp³-hybridized carbons (Fsp3) is 0.400. The highest BCUT2D eigenvalue weighted by molar-refractivity contribution is 5.53. The van der Waals surface area contributed by atoms with Gasteiger partial charge in [0.2, 0.25) is 0 Å². The summed E-state index contributed by atoms with van der Waals surface area (Å²) in [6.07, 6.45) is 24.8. The Hall–Kier alpha value is -1.56. The molecule has 8 atom stereocenters. The maximum atomic E-state index is 2.59. The lowest BCUT2D eigenvalue weighted by molar-refractivity contribution is 0.398. The fourth-order valence-corrected chi connectivity index (χ4v) is 5.80. The molecule has 0 aliphatic heterocycles. The molecule has 0 nitrogen and oxygen atoms in total. The van der Waals surface area contributed by atoms with Gasteiger partial charge in [0.05, 0.1) is 0 Å². The summed E-state index contributed by atoms with van der Waals surface area (Å²) in [4.78, 5) is 0. The molecular weight excluding hydrogens is 240 g/mol. The van der Waals surface area contributed by atoms with Crippen LogP contribution in [0.5, 0.6) is 0 Å². The van der Waals surface area contributed by atoms with Crippen LogP contribution in [0.25, 0.3) is 0 Å². The quantitative estimate of drug-likeness (QED) is 0.622. The Bertz CT molecular complexity index is 621. The van der Waals surface area contributed by atoms with E-state index in [2.05, 4.69) is 60.8 Å². The van der Waals surface area contributed by atoms with Crippen molar-refractivity contribution in [2.24, 2.45) is 47.3 Å². The van der Waals surface area contributed by atoms with Gasteiger partial charge in [-0.05, 0) is 46.7 Å². The van der Waals surface area contributed by atoms with Crippen molar-refractivity contribution in [1.82, 2.24) is 0 Å². The molecule has 0 saturated heterocycles. The van der Waals surface area contributed by atoms with E-state index in [1.165, 1.54) is 0 Å². The molecule has 6 aliphatic rings. The van der Waals surface area contributed by atoms with Gasteiger partial charge in [-0.15, -0.1) is 0 Å². The van der Waals surface area contributed by atoms with Crippen LogP contribution >= 0.6 is 0 Å². The second-order valence-electron chi connectivity index (χ2n) is 7.30. The highest BCUT2D eigenvalue weighted by Crippen LogP contribution is 2.59. The van der Waals surface area contributed by atoms with Gasteiger partial charge in [0.15, 0.2) is 0 Å². The third kappa shape index (κ3) is 1.01. The lowest BCUT2D eigenvalue weighted by Crippen LogP contribution is -2.16. The molecule has 0 radical (unpaired) electrons. The van der Waals surface area contributed by atoms with E-state index in [1.54, 1.807) is 11.1 Å². The van der Waals surface area contributed by atoms with E-state index < -0.39 is 0 Å². The monoisotopic (exact) mass is 258 g/mol. The van der Waals surface area contributed by atoms with Gasteiger partial charge < -0.3 is 0 Å². The normalized spacial score (nSPS) is 54.8. The highest BCUT2D eigenvalue weighted by Gasteiger charge is 2.50. The molecule has 0 N–H and O–H groups in total. The Morgan fingerprint density at radius 3 is 1.35 bits per heavy atom. The highest BCUT2D eigenvalue weighted by atomic mass is 14.5. The van der Waals surface area contributed by atoms with Gasteiger partial charge in [0.25, 0.3) is 0 Å². The summed E-state index contributed by atoms with van der Waals surface area (Å²) >= 11 is 0. The maximum Gasteiger partial charge on any atom is 0.00636 e. The van der Waals surface area contributed by atoms with Crippen molar-refractivity contribution >= 4 is 0 Å². The summed E-state index contributed by atoms with van der Waals surface area (Å²) in [6, 6.07) is 0. The first kappa shape index (κ1) is 10.2. The zero-order chi connectivity index (χ0) is 12.8. The molecule has 6 rings (SSSR count). The van der Waals surface area contributed by atoms with Crippen LogP contribution in [0.3, 0.4) is 0 Å². The van der Waals surface area contributed by atoms with Crippen molar-refractivity contribution in [2.75, 3.05) is 0 Å². The number of allylic oxidation sites excluding steroid dienone is 12. The Labute approximate surface area is 120 Å². The molecule has 20 heavy (non-hydrogen) atoms. The Morgan fingerprint density at radius 1 is 0.450 bits per heavy atom. The summed E-state index contributed by atoms with van der Waals surface area (Å²) in [5.41, 5.74) is 3.34. The molecule has 0 heterocycles. The Morgan fingerprint density at radius 2 is 0.850 bits per heavy atom. The van der Waals surface area contributed by atoms with Crippen LogP contribution in [-0.4, -0.2) is 0 Å². The third-order valence-corrected chi connectivity index (χ3v) is 6.60. The van der Waals surface area contributed by atoms with Gasteiger partial charge in [0.1, 0.15) is 0 Å². The van der Waals surface area contributed by atoms with Gasteiger partial charge in [-0.3, -0.25) is 0 Å². The molecule has 0 bridgehead atoms. The molecule has 0 fully saturated rings. The Balaban J connectivity index is 1.47. The maximum absolute atomic E-state index is 2.59. The number of rotatable bonds is 1. The summed E-state index contributed by atoms with van der Waals surface area (Å²) in [5, 5.41) is 0. The van der Waals surface area contributed by atoms with Crippen LogP contribution in [0.4, 0.5) is 0 Å². The Kier molecular flexibility index (Phi) is 1.63. The van der Waals surface area contributed by atoms with Crippen LogP contribution in [0.1, 0.15) is 0 Å². The molecule has 0 aromatic heterocycles. The predicted octanol–water partition coefficient (Wildman–Crippen LogP) is 4.08. The zero-order valence-corrected chi connectivity index (χ0v) is 11.4. The first-order valence-corrected chi connectivity index (χ1v) is 8.07. The number of hydrogen-bond donors (Lipinski definition) is 0. The van der Waals surface area contributed by atoms with E-state index in [1.807, 2.05) is 0 Å². The summed E-state index contributed by atoms with van der Waals surface area (Å²) < 4.78 is 0. The molecule has 0 heteroatoms. The fourth-order valence-electron chi connectivity index (χ4n) is 5.80. The molecule has 6 aliphatic carbocycles. The van der Waals surface area contributed by atoms with E-state index in [9.17, 15) is 0 Å². The molecule has 0 amide bonds. The SMILES string of the molecule is C1=C[C@@H]2C=C(C3=C[C@@H]4C=C[C@H]5C=C[C@H]3[C@H]54)[C@H]3C=C[C@H]1[C@H]23. The molecule has 0 saturated carbocycles. The van der Waals surface area contributed by atoms with E-state index in [-0.39, 0.29) is 0 Å². The van der Waals surface area contributed by atoms with Gasteiger partial charge in [0, 0.05) is 11.8 Å². The second-order valence-corrected chi connectivity index (χ2v) is 7.30. The van der Waals surface area contributed by atoms with Gasteiger partial charge in [-0.2, -0.15) is 0 Å². The minimum Gasteiger partial charge on any atom is -0.0807 e. The standard InChI is InChI=1S/C20H18/c1-3-13-9-17(15-7-5-11(1)19(13)15)18-10-14-4-2-12-6-8-16(18)20(12)14/h1-16,19-20H/t11-,12-,13-,14+,15+,16+,19+,20+/m0/s1. The summed E-state index contributed by atoms with van der Waals surface area (Å²) in [5.74, 6) is 5.87. The van der Waals surface area contributed by atoms with E-state index in [4.69, 9.17) is 0 Å². The van der Waals surface area contributed by atoms with Gasteiger partial charge in [-0.1, -0.05) is 60.8 Å². The molecule has 0 unspecified atom stereocenters. The smallest absolute Gasteiger partial charge is 0.00636 e. The van der Waals surface area contributed by atoms with Crippen LogP contribution in [0, 0.1) is 47.3 Å². The number of hydrogen-bond acceptors (Lipinski definition) is 0. The second kappa shape index (κ2) is 3.19. The predicted molar refractivity (Wildman–Crippen MR) is 80.6 cm³/mol. The van der Waals surface area contributed by atoms with Crippen LogP contribution in [0.2, 0.25) is 0 Å². The van der Waals surface area contributed by atoms with Crippen LogP contribution < -0.4 is 0 Å². The minimum absolute atomic E-state index is 0.696. The zero-order valence-electron chi connectivity index (χ0n) is 11.4. The summed E-state index contributed by atoms with van der Waals surface area (Å²) in [6.45, 7) is 0. The van der Waals surface area contributed by atoms with Crippen molar-refractivity contribution in [3.63, 3.8) is 0 Å². The average molecular weight is 258 g/mol. The lowest BCUT2D eigenvalue weighted by Gasteiger charge is -2.22. The van der Waals surface area contributed by atoms with Crippen LogP contribution in [0.15, 0.2) is 71.9 Å². The van der Waals surface area contributed by atoms with Crippen molar-refractivity contribution in [2.45, 2.75) is 0 Å². The molecular formula is C20H18. The molecule has 98 valence electrons. The minimum atomic E-state index is 0.696. The van der Waals surface area contributed by atoms with Gasteiger partial charge in [-0.25, -0.2) is 0 Å². The largest absolute Gasteiger partial charge is 0.0807 e. The van der Waals surface area contributed by atoms with Crippen molar-refractivity contribution in [3.05, 3.63) is 71.9 Å². The van der Waals surface area contributed by atoms with Gasteiger partial charge >= 0.3 is 0 Å². The molecule has 0 aromatic rings. The first-order chi connectivity index (χ1) is 9.90. The summed E-state index contributed by atoms with van der Waals surface area (Å²) in [7, 11) is 0. The topological polar surface area (TPSA) is 0 Å². The van der Waals surface area contributed by atoms with Crippen molar-refractivity contribution in [1.29, 1.82) is 0 Å². The molecule has 0 spiro atoms. The first-order valence-electron chi connectivity index (χ1n) is 8.07. The molecule has 0 aromatic carbocycles. The van der Waals surface area contributed by atoms with Crippen molar-refractivity contribution in [3.8, 4) is 0 Å². The van der Waals surface area contributed by atoms with E-state index in [0.29, 0.717) is 35.5 Å². The van der Waals surface area contributed by atoms with Crippen LogP contribution in [-0.2, 0) is 0 Å². The lowest BCUT2D eigenvalue weighted by atomic mass is 9.81. The average Bonchev–Trinajstić information content (AvgIpc) is 3.18. The van der Waals surface area contributed by atoms with E-state index >= 15 is 0 Å².